The summed E-state index contributed by atoms with van der Waals surface area (Å²) in [6.07, 6.45) is 42.1. The van der Waals surface area contributed by atoms with Crippen molar-refractivity contribution in [1.29, 1.82) is 0 Å². The van der Waals surface area contributed by atoms with Crippen molar-refractivity contribution < 1.29 is 25.2 Å². The largest absolute Gasteiger partial charge is 0.394 e. The van der Waals surface area contributed by atoms with E-state index in [9.17, 15) is 25.2 Å². The molecule has 0 aliphatic rings. The molecule has 6 heteroatoms. The number of carbonyl (C=O) groups is 1. The number of allylic oxidation sites excluding steroid dienone is 2. The van der Waals surface area contributed by atoms with Gasteiger partial charge in [0.1, 0.15) is 12.2 Å². The zero-order valence-corrected chi connectivity index (χ0v) is 32.7. The predicted octanol–water partition coefficient (Wildman–Crippen LogP) is 11.0. The summed E-state index contributed by atoms with van der Waals surface area (Å²) in [7, 11) is 0. The molecule has 0 bridgehead atoms. The van der Waals surface area contributed by atoms with Crippen LogP contribution in [0.2, 0.25) is 0 Å². The minimum Gasteiger partial charge on any atom is -0.394 e. The first kappa shape index (κ1) is 48.0. The zero-order chi connectivity index (χ0) is 36.0. The van der Waals surface area contributed by atoms with E-state index in [0.717, 1.165) is 38.5 Å². The lowest BCUT2D eigenvalue weighted by atomic mass is 10.00. The molecular weight excluding hydrogens is 610 g/mol. The molecule has 0 heterocycles. The number of rotatable bonds is 39. The topological polar surface area (TPSA) is 110 Å². The van der Waals surface area contributed by atoms with E-state index in [1.54, 1.807) is 0 Å². The molecule has 6 nitrogen and oxygen atoms in total. The lowest BCUT2D eigenvalue weighted by molar-refractivity contribution is -0.132. The summed E-state index contributed by atoms with van der Waals surface area (Å²) >= 11 is 0. The molecule has 0 aromatic carbocycles. The van der Waals surface area contributed by atoms with Gasteiger partial charge in [0.25, 0.3) is 0 Å². The summed E-state index contributed by atoms with van der Waals surface area (Å²) in [6, 6.07) is -0.977. The second-order valence-electron chi connectivity index (χ2n) is 15.0. The molecule has 292 valence electrons. The van der Waals surface area contributed by atoms with E-state index in [-0.39, 0.29) is 0 Å². The third kappa shape index (κ3) is 32.7. The number of aliphatic hydroxyl groups is 4. The second-order valence-corrected chi connectivity index (χ2v) is 15.0. The molecule has 49 heavy (non-hydrogen) atoms. The highest BCUT2D eigenvalue weighted by Crippen LogP contribution is 2.16. The predicted molar refractivity (Wildman–Crippen MR) is 210 cm³/mol. The van der Waals surface area contributed by atoms with E-state index in [1.807, 2.05) is 0 Å². The van der Waals surface area contributed by atoms with Crippen molar-refractivity contribution in [2.45, 2.75) is 250 Å². The minimum absolute atomic E-state index is 0.370. The molecule has 0 saturated carbocycles. The number of unbranched alkanes of at least 4 members (excludes halogenated alkanes) is 28. The van der Waals surface area contributed by atoms with Crippen molar-refractivity contribution in [3.63, 3.8) is 0 Å². The normalized spacial score (nSPS) is 14.3. The zero-order valence-electron chi connectivity index (χ0n) is 32.7. The van der Waals surface area contributed by atoms with Crippen LogP contribution < -0.4 is 5.32 Å². The van der Waals surface area contributed by atoms with E-state index in [0.29, 0.717) is 12.8 Å². The standard InChI is InChI=1S/C43H85NO5/c1-3-5-7-8-9-10-11-12-13-14-15-16-17-18-19-20-21-22-23-24-25-26-27-28-29-30-31-32-33-35-37-41(47)43(49)44-39(38-45)42(48)40(46)36-34-6-4-2/h18-19,39-42,45-48H,3-17,20-38H2,1-2H3,(H,44,49)/b19-18-. The lowest BCUT2D eigenvalue weighted by Crippen LogP contribution is -2.53. The van der Waals surface area contributed by atoms with Crippen LogP contribution in [0.15, 0.2) is 12.2 Å². The van der Waals surface area contributed by atoms with Crippen LogP contribution in [0.1, 0.15) is 226 Å². The molecular formula is C43H85NO5. The molecule has 0 aromatic rings. The first-order valence-corrected chi connectivity index (χ1v) is 21.6. The van der Waals surface area contributed by atoms with Crippen molar-refractivity contribution in [2.75, 3.05) is 6.61 Å². The Labute approximate surface area is 304 Å². The molecule has 4 atom stereocenters. The molecule has 0 saturated heterocycles. The molecule has 0 aliphatic carbocycles. The number of hydrogen-bond acceptors (Lipinski definition) is 5. The molecule has 0 aromatic heterocycles. The number of carbonyl (C=O) groups excluding carboxylic acids is 1. The molecule has 4 unspecified atom stereocenters. The Kier molecular flexibility index (Phi) is 37.5. The Balaban J connectivity index is 3.45. The van der Waals surface area contributed by atoms with E-state index in [4.69, 9.17) is 0 Å². The van der Waals surface area contributed by atoms with Crippen LogP contribution in [-0.4, -0.2) is 57.3 Å². The Hall–Kier alpha value is -0.950. The molecule has 0 rings (SSSR count). The van der Waals surface area contributed by atoms with Crippen LogP contribution in [0, 0.1) is 0 Å². The summed E-state index contributed by atoms with van der Waals surface area (Å²) in [5.41, 5.74) is 0. The Bertz CT molecular complexity index is 702. The number of aliphatic hydroxyl groups excluding tert-OH is 4. The van der Waals surface area contributed by atoms with E-state index in [2.05, 4.69) is 31.3 Å². The third-order valence-corrected chi connectivity index (χ3v) is 10.2. The molecule has 5 N–H and O–H groups in total. The van der Waals surface area contributed by atoms with Gasteiger partial charge in [-0.25, -0.2) is 0 Å². The van der Waals surface area contributed by atoms with Crippen LogP contribution >= 0.6 is 0 Å². The van der Waals surface area contributed by atoms with Crippen LogP contribution in [0.5, 0.6) is 0 Å². The van der Waals surface area contributed by atoms with E-state index in [1.165, 1.54) is 161 Å². The van der Waals surface area contributed by atoms with Crippen LogP contribution in [0.25, 0.3) is 0 Å². The fourth-order valence-corrected chi connectivity index (χ4v) is 6.75. The minimum atomic E-state index is -1.25. The van der Waals surface area contributed by atoms with Gasteiger partial charge in [-0.2, -0.15) is 0 Å². The summed E-state index contributed by atoms with van der Waals surface area (Å²) < 4.78 is 0. The van der Waals surface area contributed by atoms with Gasteiger partial charge in [-0.3, -0.25) is 4.79 Å². The van der Waals surface area contributed by atoms with Crippen molar-refractivity contribution in [3.8, 4) is 0 Å². The smallest absolute Gasteiger partial charge is 0.249 e. The SMILES string of the molecule is CCCCCCCCCCCCCC/C=C\CCCCCCCCCCCCCCCCC(O)C(=O)NC(CO)C(O)C(O)CCCCC. The Morgan fingerprint density at radius 3 is 1.20 bits per heavy atom. The van der Waals surface area contributed by atoms with Crippen molar-refractivity contribution >= 4 is 5.91 Å². The Morgan fingerprint density at radius 2 is 0.816 bits per heavy atom. The van der Waals surface area contributed by atoms with Crippen LogP contribution in [0.3, 0.4) is 0 Å². The van der Waals surface area contributed by atoms with Crippen LogP contribution in [0.4, 0.5) is 0 Å². The maximum absolute atomic E-state index is 12.3. The van der Waals surface area contributed by atoms with Gasteiger partial charge < -0.3 is 25.7 Å². The maximum atomic E-state index is 12.3. The molecule has 0 spiro atoms. The first-order chi connectivity index (χ1) is 24.0. The van der Waals surface area contributed by atoms with Gasteiger partial charge in [-0.05, 0) is 38.5 Å². The summed E-state index contributed by atoms with van der Waals surface area (Å²) in [5, 5.41) is 42.7. The highest BCUT2D eigenvalue weighted by Gasteiger charge is 2.28. The van der Waals surface area contributed by atoms with E-state index < -0.39 is 36.9 Å². The van der Waals surface area contributed by atoms with Crippen molar-refractivity contribution in [2.24, 2.45) is 0 Å². The van der Waals surface area contributed by atoms with Crippen LogP contribution in [-0.2, 0) is 4.79 Å². The maximum Gasteiger partial charge on any atom is 0.249 e. The Morgan fingerprint density at radius 1 is 0.490 bits per heavy atom. The van der Waals surface area contributed by atoms with Gasteiger partial charge in [-0.1, -0.05) is 199 Å². The fraction of sp³-hybridized carbons (Fsp3) is 0.930. The molecule has 0 aliphatic heterocycles. The van der Waals surface area contributed by atoms with Gasteiger partial charge in [0.2, 0.25) is 5.91 Å². The number of hydrogen-bond donors (Lipinski definition) is 5. The number of nitrogens with one attached hydrogen (secondary N) is 1. The highest BCUT2D eigenvalue weighted by molar-refractivity contribution is 5.80. The van der Waals surface area contributed by atoms with Gasteiger partial charge in [0, 0.05) is 0 Å². The van der Waals surface area contributed by atoms with Gasteiger partial charge >= 0.3 is 0 Å². The molecule has 0 fully saturated rings. The second kappa shape index (κ2) is 38.3. The van der Waals surface area contributed by atoms with Gasteiger partial charge in [0.05, 0.1) is 18.8 Å². The van der Waals surface area contributed by atoms with Gasteiger partial charge in [-0.15, -0.1) is 0 Å². The molecule has 0 radical (unpaired) electrons. The highest BCUT2D eigenvalue weighted by atomic mass is 16.3. The van der Waals surface area contributed by atoms with Crippen molar-refractivity contribution in [3.05, 3.63) is 12.2 Å². The number of amides is 1. The average molecular weight is 696 g/mol. The summed E-state index contributed by atoms with van der Waals surface area (Å²) in [5.74, 6) is -0.591. The molecule has 1 amide bonds. The quantitative estimate of drug-likeness (QED) is 0.0325. The first-order valence-electron chi connectivity index (χ1n) is 21.6. The lowest BCUT2D eigenvalue weighted by Gasteiger charge is -2.27. The summed E-state index contributed by atoms with van der Waals surface area (Å²) in [4.78, 5) is 12.3. The third-order valence-electron chi connectivity index (χ3n) is 10.2. The van der Waals surface area contributed by atoms with Gasteiger partial charge in [0.15, 0.2) is 0 Å². The average Bonchev–Trinajstić information content (AvgIpc) is 3.10. The monoisotopic (exact) mass is 696 g/mol. The van der Waals surface area contributed by atoms with E-state index >= 15 is 0 Å². The van der Waals surface area contributed by atoms with Crippen molar-refractivity contribution in [1.82, 2.24) is 5.32 Å². The fourth-order valence-electron chi connectivity index (χ4n) is 6.75. The summed E-state index contributed by atoms with van der Waals surface area (Å²) in [6.45, 7) is 3.87.